The van der Waals surface area contributed by atoms with E-state index in [4.69, 9.17) is 4.74 Å². The molecule has 1 aromatic rings. The van der Waals surface area contributed by atoms with Crippen molar-refractivity contribution in [2.75, 3.05) is 6.54 Å². The van der Waals surface area contributed by atoms with Gasteiger partial charge in [0.25, 0.3) is 0 Å². The van der Waals surface area contributed by atoms with Gasteiger partial charge >= 0.3 is 5.97 Å². The number of phenols is 1. The predicted molar refractivity (Wildman–Crippen MR) is 96.6 cm³/mol. The van der Waals surface area contributed by atoms with Crippen LogP contribution in [0.5, 0.6) is 11.5 Å². The first-order valence-corrected chi connectivity index (χ1v) is 9.25. The Morgan fingerprint density at radius 3 is 2.46 bits per heavy atom. The molecule has 0 radical (unpaired) electrons. The maximum atomic E-state index is 13.1. The number of ether oxygens (including phenoxy) is 1. The Labute approximate surface area is 153 Å². The molecule has 26 heavy (non-hydrogen) atoms. The van der Waals surface area contributed by atoms with Crippen molar-refractivity contribution in [3.63, 3.8) is 0 Å². The first-order chi connectivity index (χ1) is 12.2. The summed E-state index contributed by atoms with van der Waals surface area (Å²) in [5, 5.41) is 19.7. The summed E-state index contributed by atoms with van der Waals surface area (Å²) in [5.41, 5.74) is 3.44. The standard InChI is InChI=1S/C20H27NO5/c1-10-11(2)18-14(12(3)17(10)22)7-8-15(13(4)26-18)19(23)21-9-5-6-16(21)20(24)25/h13,15-16,22H,5-9H2,1-4H3,(H,24,25)/t13?,15?,16-/m0/s1. The van der Waals surface area contributed by atoms with Gasteiger partial charge in [-0.15, -0.1) is 0 Å². The van der Waals surface area contributed by atoms with E-state index in [1.807, 2.05) is 27.7 Å². The van der Waals surface area contributed by atoms with Gasteiger partial charge < -0.3 is 19.8 Å². The quantitative estimate of drug-likeness (QED) is 0.846. The van der Waals surface area contributed by atoms with Gasteiger partial charge in [0.05, 0.1) is 5.92 Å². The van der Waals surface area contributed by atoms with Crippen LogP contribution in [-0.4, -0.2) is 45.7 Å². The molecule has 2 aliphatic rings. The van der Waals surface area contributed by atoms with Gasteiger partial charge in [-0.3, -0.25) is 4.79 Å². The lowest BCUT2D eigenvalue weighted by atomic mass is 9.91. The summed E-state index contributed by atoms with van der Waals surface area (Å²) >= 11 is 0. The number of nitrogens with zero attached hydrogens (tertiary/aromatic N) is 1. The van der Waals surface area contributed by atoms with Gasteiger partial charge in [0.15, 0.2) is 0 Å². The smallest absolute Gasteiger partial charge is 0.326 e. The number of aliphatic carboxylic acids is 1. The van der Waals surface area contributed by atoms with E-state index in [0.29, 0.717) is 25.8 Å². The summed E-state index contributed by atoms with van der Waals surface area (Å²) in [6.45, 7) is 8.02. The molecule has 2 N–H and O–H groups in total. The number of carbonyl (C=O) groups excluding carboxylic acids is 1. The van der Waals surface area contributed by atoms with Crippen molar-refractivity contribution in [1.29, 1.82) is 0 Å². The van der Waals surface area contributed by atoms with Crippen LogP contribution >= 0.6 is 0 Å². The van der Waals surface area contributed by atoms with E-state index in [0.717, 1.165) is 34.4 Å². The Bertz CT molecular complexity index is 757. The first-order valence-electron chi connectivity index (χ1n) is 9.25. The monoisotopic (exact) mass is 361 g/mol. The topological polar surface area (TPSA) is 87.1 Å². The van der Waals surface area contributed by atoms with Crippen molar-refractivity contribution in [3.05, 3.63) is 22.3 Å². The molecule has 0 aromatic heterocycles. The number of carboxylic acid groups (broad SMARTS) is 1. The Hall–Kier alpha value is -2.24. The van der Waals surface area contributed by atoms with E-state index in [-0.39, 0.29) is 23.7 Å². The third-order valence-corrected chi connectivity index (χ3v) is 6.05. The fourth-order valence-corrected chi connectivity index (χ4v) is 4.26. The van der Waals surface area contributed by atoms with Gasteiger partial charge in [0, 0.05) is 12.1 Å². The van der Waals surface area contributed by atoms with Gasteiger partial charge in [-0.1, -0.05) is 0 Å². The molecule has 0 aliphatic carbocycles. The summed E-state index contributed by atoms with van der Waals surface area (Å²) in [4.78, 5) is 26.0. The van der Waals surface area contributed by atoms with Crippen molar-refractivity contribution >= 4 is 11.9 Å². The number of aromatic hydroxyl groups is 1. The molecule has 3 atom stereocenters. The molecule has 142 valence electrons. The highest BCUT2D eigenvalue weighted by molar-refractivity contribution is 5.86. The highest BCUT2D eigenvalue weighted by atomic mass is 16.5. The highest BCUT2D eigenvalue weighted by Crippen LogP contribution is 2.41. The van der Waals surface area contributed by atoms with E-state index in [9.17, 15) is 19.8 Å². The molecule has 1 fully saturated rings. The maximum absolute atomic E-state index is 13.1. The zero-order chi connectivity index (χ0) is 19.2. The minimum Gasteiger partial charge on any atom is -0.507 e. The van der Waals surface area contributed by atoms with Crippen LogP contribution in [0.1, 0.15) is 48.4 Å². The first kappa shape index (κ1) is 18.5. The number of hydrogen-bond acceptors (Lipinski definition) is 4. The number of amides is 1. The van der Waals surface area contributed by atoms with Crippen LogP contribution in [0.15, 0.2) is 0 Å². The minimum absolute atomic E-state index is 0.133. The molecule has 0 bridgehead atoms. The molecule has 2 aliphatic heterocycles. The molecule has 1 aromatic carbocycles. The third kappa shape index (κ3) is 2.91. The number of hydrogen-bond donors (Lipinski definition) is 2. The average Bonchev–Trinajstić information content (AvgIpc) is 3.03. The van der Waals surface area contributed by atoms with Crippen molar-refractivity contribution in [1.82, 2.24) is 4.90 Å². The zero-order valence-corrected chi connectivity index (χ0v) is 15.8. The molecule has 6 heteroatoms. The van der Waals surface area contributed by atoms with Gasteiger partial charge in [-0.25, -0.2) is 4.79 Å². The second kappa shape index (κ2) is 6.82. The van der Waals surface area contributed by atoms with Crippen LogP contribution in [0, 0.1) is 26.7 Å². The van der Waals surface area contributed by atoms with Crippen molar-refractivity contribution in [2.45, 2.75) is 65.5 Å². The number of carbonyl (C=O) groups is 2. The Balaban J connectivity index is 1.90. The van der Waals surface area contributed by atoms with Crippen molar-refractivity contribution < 1.29 is 24.5 Å². The third-order valence-electron chi connectivity index (χ3n) is 6.05. The fraction of sp³-hybridized carbons (Fsp3) is 0.600. The molecule has 0 spiro atoms. The number of carboxylic acids is 1. The molecule has 1 amide bonds. The maximum Gasteiger partial charge on any atom is 0.326 e. The summed E-state index contributed by atoms with van der Waals surface area (Å²) in [6, 6.07) is -0.727. The normalized spacial score (nSPS) is 25.4. The molecule has 1 saturated heterocycles. The Kier molecular flexibility index (Phi) is 4.86. The van der Waals surface area contributed by atoms with E-state index in [1.54, 1.807) is 0 Å². The lowest BCUT2D eigenvalue weighted by Crippen LogP contribution is -2.46. The Morgan fingerprint density at radius 2 is 1.81 bits per heavy atom. The Morgan fingerprint density at radius 1 is 1.12 bits per heavy atom. The fourth-order valence-electron chi connectivity index (χ4n) is 4.26. The highest BCUT2D eigenvalue weighted by Gasteiger charge is 2.40. The molecular weight excluding hydrogens is 334 g/mol. The summed E-state index contributed by atoms with van der Waals surface area (Å²) in [7, 11) is 0. The summed E-state index contributed by atoms with van der Waals surface area (Å²) in [6.07, 6.45) is 2.09. The molecule has 6 nitrogen and oxygen atoms in total. The number of phenolic OH excluding ortho intramolecular Hbond substituents is 1. The van der Waals surface area contributed by atoms with Gasteiger partial charge in [-0.2, -0.15) is 0 Å². The van der Waals surface area contributed by atoms with Crippen LogP contribution in [0.3, 0.4) is 0 Å². The van der Waals surface area contributed by atoms with E-state index in [1.165, 1.54) is 4.90 Å². The summed E-state index contributed by atoms with van der Waals surface area (Å²) in [5.74, 6) is -0.409. The zero-order valence-electron chi connectivity index (χ0n) is 15.8. The van der Waals surface area contributed by atoms with Crippen LogP contribution < -0.4 is 4.74 Å². The number of fused-ring (bicyclic) bond motifs is 1. The van der Waals surface area contributed by atoms with Crippen molar-refractivity contribution in [2.24, 2.45) is 5.92 Å². The summed E-state index contributed by atoms with van der Waals surface area (Å²) < 4.78 is 6.19. The number of rotatable bonds is 2. The SMILES string of the molecule is Cc1c(C)c2c(c(C)c1O)CCC(C(=O)N1CCC[C@H]1C(=O)O)C(C)O2. The second-order valence-electron chi connectivity index (χ2n) is 7.53. The largest absolute Gasteiger partial charge is 0.507 e. The molecule has 0 saturated carbocycles. The molecule has 2 unspecified atom stereocenters. The number of likely N-dealkylation sites (tertiary alicyclic amines) is 1. The van der Waals surface area contributed by atoms with E-state index < -0.39 is 12.0 Å². The average molecular weight is 361 g/mol. The van der Waals surface area contributed by atoms with E-state index in [2.05, 4.69) is 0 Å². The van der Waals surface area contributed by atoms with Crippen molar-refractivity contribution in [3.8, 4) is 11.5 Å². The lowest BCUT2D eigenvalue weighted by Gasteiger charge is -2.29. The number of benzene rings is 1. The van der Waals surface area contributed by atoms with Gasteiger partial charge in [-0.05, 0) is 70.1 Å². The van der Waals surface area contributed by atoms with Crippen LogP contribution in [0.2, 0.25) is 0 Å². The molecule has 2 heterocycles. The minimum atomic E-state index is -0.937. The molecular formula is C20H27NO5. The van der Waals surface area contributed by atoms with Crippen LogP contribution in [0.4, 0.5) is 0 Å². The van der Waals surface area contributed by atoms with Gasteiger partial charge in [0.2, 0.25) is 5.91 Å². The van der Waals surface area contributed by atoms with Gasteiger partial charge in [0.1, 0.15) is 23.6 Å². The van der Waals surface area contributed by atoms with Crippen LogP contribution in [-0.2, 0) is 16.0 Å². The second-order valence-corrected chi connectivity index (χ2v) is 7.53. The van der Waals surface area contributed by atoms with Crippen LogP contribution in [0.25, 0.3) is 0 Å². The lowest BCUT2D eigenvalue weighted by molar-refractivity contribution is -0.151. The van der Waals surface area contributed by atoms with E-state index >= 15 is 0 Å². The molecule has 3 rings (SSSR count). The predicted octanol–water partition coefficient (Wildman–Crippen LogP) is 2.72.